The molecule has 1 saturated carbocycles. The molecule has 3 heterocycles. The van der Waals surface area contributed by atoms with Crippen molar-refractivity contribution in [3.05, 3.63) is 71.8 Å². The second kappa shape index (κ2) is 21.4. The molecule has 5 N–H and O–H groups in total. The maximum absolute atomic E-state index is 10.3. The van der Waals surface area contributed by atoms with Gasteiger partial charge in [0.25, 0.3) is 0 Å². The fourth-order valence-electron chi connectivity index (χ4n) is 7.72. The van der Waals surface area contributed by atoms with Crippen LogP contribution in [0.15, 0.2) is 60.7 Å². The zero-order valence-electron chi connectivity index (χ0n) is 32.6. The highest BCUT2D eigenvalue weighted by molar-refractivity contribution is 7.22. The van der Waals surface area contributed by atoms with E-state index in [2.05, 4.69) is 52.3 Å². The van der Waals surface area contributed by atoms with Crippen molar-refractivity contribution in [1.29, 1.82) is 0 Å². The molecule has 58 heavy (non-hydrogen) atoms. The van der Waals surface area contributed by atoms with Gasteiger partial charge in [-0.25, -0.2) is 19.2 Å². The van der Waals surface area contributed by atoms with Crippen LogP contribution in [0.4, 0.5) is 0 Å². The van der Waals surface area contributed by atoms with Gasteiger partial charge >= 0.3 is 23.9 Å². The van der Waals surface area contributed by atoms with Crippen LogP contribution in [0, 0.1) is 0 Å². The van der Waals surface area contributed by atoms with E-state index in [4.69, 9.17) is 53.8 Å². The molecule has 312 valence electrons. The first-order valence-corrected chi connectivity index (χ1v) is 20.4. The van der Waals surface area contributed by atoms with Crippen molar-refractivity contribution in [3.8, 4) is 33.4 Å². The number of carbonyl (C=O) groups is 4. The van der Waals surface area contributed by atoms with Crippen LogP contribution in [0.2, 0.25) is 0 Å². The van der Waals surface area contributed by atoms with E-state index in [-0.39, 0.29) is 6.10 Å². The number of ether oxygens (including phenoxy) is 3. The van der Waals surface area contributed by atoms with Crippen molar-refractivity contribution in [1.82, 2.24) is 9.80 Å². The summed E-state index contributed by atoms with van der Waals surface area (Å²) < 4.78 is 19.9. The molecule has 0 unspecified atom stereocenters. The number of benzene rings is 3. The molecule has 3 aliphatic rings. The standard InChI is InChI=1S/C39H48N2O4S.2C2H2O4/c1-43-37-26-28(11-18-36(37)45-35-10-4-3-9-34(35)41-21-5-2-6-22-41)25-33-32-17-14-30(42)27-38(32)46-39(33)29-12-15-31(16-13-29)44-24-23-40-19-7-8-20-40;2*3-1(4)2(5)6/h11-18,26-27,34-35,42H,2-10,19-25H2,1H3;2*(H,3,4)(H,5,6)/t34-,35-;;/m1../s1. The number of carboxylic acid groups (broad SMARTS) is 4. The monoisotopic (exact) mass is 820 g/mol. The Bertz CT molecular complexity index is 1960. The molecule has 2 saturated heterocycles. The molecule has 14 nitrogen and oxygen atoms in total. The van der Waals surface area contributed by atoms with Gasteiger partial charge in [0.1, 0.15) is 24.2 Å². The summed E-state index contributed by atoms with van der Waals surface area (Å²) in [4.78, 5) is 42.8. The summed E-state index contributed by atoms with van der Waals surface area (Å²) in [6, 6.07) is 21.2. The molecule has 0 radical (unpaired) electrons. The number of nitrogens with zero attached hydrogens (tertiary/aromatic N) is 2. The smallest absolute Gasteiger partial charge is 0.414 e. The number of phenols is 1. The second-order valence-electron chi connectivity index (χ2n) is 14.5. The van der Waals surface area contributed by atoms with Crippen LogP contribution in [-0.2, 0) is 25.6 Å². The number of hydrogen-bond donors (Lipinski definition) is 5. The number of rotatable bonds is 11. The van der Waals surface area contributed by atoms with Crippen molar-refractivity contribution >= 4 is 45.3 Å². The van der Waals surface area contributed by atoms with Gasteiger partial charge in [0.2, 0.25) is 0 Å². The molecule has 1 aromatic heterocycles. The average molecular weight is 821 g/mol. The van der Waals surface area contributed by atoms with Gasteiger partial charge in [0.15, 0.2) is 11.5 Å². The molecule has 0 amide bonds. The van der Waals surface area contributed by atoms with Gasteiger partial charge in [-0.05, 0) is 154 Å². The molecule has 3 aromatic carbocycles. The Labute approximate surface area is 341 Å². The Morgan fingerprint density at radius 2 is 1.36 bits per heavy atom. The third kappa shape index (κ3) is 12.3. The van der Waals surface area contributed by atoms with E-state index in [9.17, 15) is 5.11 Å². The Morgan fingerprint density at radius 3 is 2.00 bits per heavy atom. The Morgan fingerprint density at radius 1 is 0.724 bits per heavy atom. The minimum atomic E-state index is -1.82. The molecule has 0 spiro atoms. The SMILES string of the molecule is COc1cc(Cc2c(-c3ccc(OCCN4CCCC4)cc3)sc3cc(O)ccc23)ccc1O[C@@H]1CCCC[C@H]1N1CCCCC1.O=C(O)C(=O)O.O=C(O)C(=O)O. The molecule has 3 fully saturated rings. The summed E-state index contributed by atoms with van der Waals surface area (Å²) in [6.45, 7) is 6.47. The third-order valence-corrected chi connectivity index (χ3v) is 11.8. The second-order valence-corrected chi connectivity index (χ2v) is 15.6. The lowest BCUT2D eigenvalue weighted by atomic mass is 9.90. The molecule has 1 aliphatic carbocycles. The first-order chi connectivity index (χ1) is 27.9. The fourth-order valence-corrected chi connectivity index (χ4v) is 8.98. The highest BCUT2D eigenvalue weighted by Gasteiger charge is 2.33. The van der Waals surface area contributed by atoms with Crippen molar-refractivity contribution in [3.63, 3.8) is 0 Å². The van der Waals surface area contributed by atoms with Crippen LogP contribution in [0.25, 0.3) is 20.5 Å². The topological polar surface area (TPSA) is 204 Å². The minimum absolute atomic E-state index is 0.207. The lowest BCUT2D eigenvalue weighted by Gasteiger charge is -2.41. The number of thiophene rings is 1. The lowest BCUT2D eigenvalue weighted by Crippen LogP contribution is -2.49. The highest BCUT2D eigenvalue weighted by Crippen LogP contribution is 2.42. The number of aliphatic carboxylic acids is 4. The van der Waals surface area contributed by atoms with E-state index < -0.39 is 23.9 Å². The first-order valence-electron chi connectivity index (χ1n) is 19.6. The highest BCUT2D eigenvalue weighted by atomic mass is 32.1. The van der Waals surface area contributed by atoms with E-state index in [1.54, 1.807) is 24.5 Å². The lowest BCUT2D eigenvalue weighted by molar-refractivity contribution is -0.159. The summed E-state index contributed by atoms with van der Waals surface area (Å²) in [7, 11) is 1.75. The molecule has 2 aliphatic heterocycles. The van der Waals surface area contributed by atoms with Gasteiger partial charge in [-0.2, -0.15) is 0 Å². The Kier molecular flexibility index (Phi) is 16.1. The van der Waals surface area contributed by atoms with E-state index in [1.807, 2.05) is 12.1 Å². The number of phenolic OH excluding ortho intramolecular Hbond substituents is 1. The van der Waals surface area contributed by atoms with Crippen LogP contribution < -0.4 is 14.2 Å². The summed E-state index contributed by atoms with van der Waals surface area (Å²) in [6.07, 6.45) is 12.4. The Hall–Kier alpha value is -5.38. The molecule has 4 aromatic rings. The molecular formula is C43H52N2O12S. The number of aromatic hydroxyl groups is 1. The molecular weight excluding hydrogens is 769 g/mol. The quantitative estimate of drug-likeness (QED) is 0.0985. The summed E-state index contributed by atoms with van der Waals surface area (Å²) in [5.41, 5.74) is 3.60. The van der Waals surface area contributed by atoms with Gasteiger partial charge in [-0.1, -0.05) is 18.9 Å². The number of piperidine rings is 1. The van der Waals surface area contributed by atoms with Gasteiger partial charge in [-0.3, -0.25) is 9.80 Å². The van der Waals surface area contributed by atoms with Crippen molar-refractivity contribution in [2.24, 2.45) is 0 Å². The summed E-state index contributed by atoms with van der Waals surface area (Å²) in [5, 5.41) is 41.0. The van der Waals surface area contributed by atoms with Crippen molar-refractivity contribution in [2.75, 3.05) is 46.4 Å². The molecule has 15 heteroatoms. The van der Waals surface area contributed by atoms with Gasteiger partial charge in [-0.15, -0.1) is 11.3 Å². The normalized spacial score (nSPS) is 18.2. The maximum atomic E-state index is 10.3. The van der Waals surface area contributed by atoms with E-state index in [0.29, 0.717) is 18.4 Å². The number of methoxy groups -OCH3 is 1. The Balaban J connectivity index is 0.000000468. The van der Waals surface area contributed by atoms with Crippen LogP contribution in [0.1, 0.15) is 68.9 Å². The van der Waals surface area contributed by atoms with Crippen LogP contribution in [0.5, 0.6) is 23.0 Å². The predicted molar refractivity (Wildman–Crippen MR) is 219 cm³/mol. The number of fused-ring (bicyclic) bond motifs is 1. The summed E-state index contributed by atoms with van der Waals surface area (Å²) >= 11 is 1.73. The fraction of sp³-hybridized carbons (Fsp3) is 0.442. The van der Waals surface area contributed by atoms with E-state index >= 15 is 0 Å². The minimum Gasteiger partial charge on any atom is -0.508 e. The van der Waals surface area contributed by atoms with Crippen molar-refractivity contribution < 1.29 is 58.9 Å². The number of likely N-dealkylation sites (tertiary alicyclic amines) is 2. The third-order valence-electron chi connectivity index (χ3n) is 10.5. The van der Waals surface area contributed by atoms with Gasteiger partial charge in [0.05, 0.1) is 7.11 Å². The molecule has 7 rings (SSSR count). The largest absolute Gasteiger partial charge is 0.508 e. The first kappa shape index (κ1) is 43.7. The zero-order valence-corrected chi connectivity index (χ0v) is 33.5. The average Bonchev–Trinajstić information content (AvgIpc) is 3.87. The van der Waals surface area contributed by atoms with E-state index in [0.717, 1.165) is 46.9 Å². The van der Waals surface area contributed by atoms with Crippen LogP contribution >= 0.6 is 11.3 Å². The predicted octanol–water partition coefficient (Wildman–Crippen LogP) is 6.84. The van der Waals surface area contributed by atoms with Gasteiger partial charge in [0, 0.05) is 22.2 Å². The zero-order chi connectivity index (χ0) is 41.6. The van der Waals surface area contributed by atoms with Crippen LogP contribution in [0.3, 0.4) is 0 Å². The number of carboxylic acids is 4. The number of hydrogen-bond acceptors (Lipinski definition) is 11. The maximum Gasteiger partial charge on any atom is 0.414 e. The van der Waals surface area contributed by atoms with Crippen molar-refractivity contribution in [2.45, 2.75) is 76.4 Å². The molecule has 2 atom stereocenters. The molecule has 0 bridgehead atoms. The van der Waals surface area contributed by atoms with Crippen LogP contribution in [-0.4, -0.2) is 118 Å². The van der Waals surface area contributed by atoms with E-state index in [1.165, 1.54) is 98.9 Å². The van der Waals surface area contributed by atoms with Gasteiger partial charge < -0.3 is 39.7 Å². The summed E-state index contributed by atoms with van der Waals surface area (Å²) in [5.74, 6) is -4.45.